The largest absolute Gasteiger partial charge is 0.343 e. The Bertz CT molecular complexity index is 732. The van der Waals surface area contributed by atoms with Crippen LogP contribution in [-0.4, -0.2) is 56.5 Å². The van der Waals surface area contributed by atoms with E-state index in [1.807, 2.05) is 22.0 Å². The Labute approximate surface area is 187 Å². The zero-order chi connectivity index (χ0) is 19.2. The molecule has 0 radical (unpaired) electrons. The minimum atomic E-state index is 0.184. The highest BCUT2D eigenvalue weighted by atomic mass is 127. The lowest BCUT2D eigenvalue weighted by molar-refractivity contribution is -0.130. The molecule has 7 nitrogen and oxygen atoms in total. The summed E-state index contributed by atoms with van der Waals surface area (Å²) in [5.41, 5.74) is 0. The summed E-state index contributed by atoms with van der Waals surface area (Å²) in [5.74, 6) is 0.184. The van der Waals surface area contributed by atoms with E-state index in [-0.39, 0.29) is 5.91 Å². The summed E-state index contributed by atoms with van der Waals surface area (Å²) < 4.78 is 6.52. The average Bonchev–Trinajstić information content (AvgIpc) is 3.31. The van der Waals surface area contributed by atoms with Crippen molar-refractivity contribution in [2.45, 2.75) is 44.7 Å². The summed E-state index contributed by atoms with van der Waals surface area (Å²) >= 11 is 4.56. The van der Waals surface area contributed by atoms with Crippen LogP contribution in [0.5, 0.6) is 0 Å². The fourth-order valence-corrected chi connectivity index (χ4v) is 4.37. The number of nitrogens with zero attached hydrogens (tertiary/aromatic N) is 5. The first-order chi connectivity index (χ1) is 13.0. The molecule has 2 aromatic heterocycles. The smallest absolute Gasteiger partial charge is 0.219 e. The van der Waals surface area contributed by atoms with Gasteiger partial charge in [-0.25, -0.2) is 0 Å². The van der Waals surface area contributed by atoms with E-state index in [2.05, 4.69) is 77.8 Å². The lowest BCUT2D eigenvalue weighted by atomic mass is 10.1. The molecule has 1 N–H and O–H groups in total. The Morgan fingerprint density at radius 2 is 1.44 bits per heavy atom. The summed E-state index contributed by atoms with van der Waals surface area (Å²) in [6, 6.07) is 1.08. The maximum atomic E-state index is 11.1. The van der Waals surface area contributed by atoms with Gasteiger partial charge < -0.3 is 10.2 Å². The number of hydrogen-bond donors (Lipinski definition) is 1. The van der Waals surface area contributed by atoms with Gasteiger partial charge in [-0.2, -0.15) is 10.2 Å². The zero-order valence-electron chi connectivity index (χ0n) is 15.5. The molecule has 0 aliphatic carbocycles. The van der Waals surface area contributed by atoms with Crippen molar-refractivity contribution in [2.24, 2.45) is 0 Å². The minimum Gasteiger partial charge on any atom is -0.343 e. The van der Waals surface area contributed by atoms with E-state index in [0.717, 1.165) is 39.0 Å². The standard InChI is InChI=1S/C10H14IN3O.C8H12IN3/c1-8(15)13-4-2-10(3-5-13)14-7-9(11)6-12-14;9-7-5-11-12(6-7)8-1-3-10-4-2-8/h6-7,10H,2-5H2,1H3;5-6,8,10H,1-4H2. The molecular formula is C18H26I2N6O. The number of amides is 1. The number of carbonyl (C=O) groups is 1. The van der Waals surface area contributed by atoms with E-state index in [4.69, 9.17) is 0 Å². The molecule has 9 heteroatoms. The number of hydrogen-bond acceptors (Lipinski definition) is 4. The molecule has 2 fully saturated rings. The van der Waals surface area contributed by atoms with E-state index >= 15 is 0 Å². The van der Waals surface area contributed by atoms with Crippen LogP contribution in [0.4, 0.5) is 0 Å². The predicted octanol–water partition coefficient (Wildman–Crippen LogP) is 3.08. The van der Waals surface area contributed by atoms with Gasteiger partial charge in [0.1, 0.15) is 0 Å². The third-order valence-corrected chi connectivity index (χ3v) is 6.22. The molecule has 0 spiro atoms. The van der Waals surface area contributed by atoms with Gasteiger partial charge in [0.15, 0.2) is 0 Å². The van der Waals surface area contributed by atoms with E-state index in [9.17, 15) is 4.79 Å². The number of halogens is 2. The van der Waals surface area contributed by atoms with Crippen LogP contribution in [0.15, 0.2) is 24.8 Å². The van der Waals surface area contributed by atoms with Crippen LogP contribution in [0.3, 0.4) is 0 Å². The first-order valence-electron chi connectivity index (χ1n) is 9.38. The van der Waals surface area contributed by atoms with E-state index < -0.39 is 0 Å². The highest BCUT2D eigenvalue weighted by molar-refractivity contribution is 14.1. The van der Waals surface area contributed by atoms with Gasteiger partial charge in [0.2, 0.25) is 5.91 Å². The average molecular weight is 596 g/mol. The molecule has 0 saturated carbocycles. The summed E-state index contributed by atoms with van der Waals surface area (Å²) in [6.07, 6.45) is 12.4. The minimum absolute atomic E-state index is 0.184. The second-order valence-electron chi connectivity index (χ2n) is 7.00. The van der Waals surface area contributed by atoms with Gasteiger partial charge in [-0.15, -0.1) is 0 Å². The molecule has 4 heterocycles. The van der Waals surface area contributed by atoms with Crippen molar-refractivity contribution < 1.29 is 4.79 Å². The van der Waals surface area contributed by atoms with Crippen molar-refractivity contribution in [3.8, 4) is 0 Å². The maximum absolute atomic E-state index is 11.1. The van der Waals surface area contributed by atoms with Gasteiger partial charge in [0.25, 0.3) is 0 Å². The Morgan fingerprint density at radius 1 is 0.963 bits per heavy atom. The van der Waals surface area contributed by atoms with Crippen LogP contribution < -0.4 is 5.32 Å². The van der Waals surface area contributed by atoms with Crippen LogP contribution in [-0.2, 0) is 4.79 Å². The van der Waals surface area contributed by atoms with Crippen LogP contribution in [0.2, 0.25) is 0 Å². The first kappa shape index (κ1) is 21.0. The molecule has 0 bridgehead atoms. The monoisotopic (exact) mass is 596 g/mol. The third kappa shape index (κ3) is 6.14. The topological polar surface area (TPSA) is 68.0 Å². The summed E-state index contributed by atoms with van der Waals surface area (Å²) in [7, 11) is 0. The van der Waals surface area contributed by atoms with Gasteiger partial charge >= 0.3 is 0 Å². The van der Waals surface area contributed by atoms with Crippen molar-refractivity contribution in [3.63, 3.8) is 0 Å². The fourth-order valence-electron chi connectivity index (χ4n) is 3.55. The Hall–Kier alpha value is -0.690. The Morgan fingerprint density at radius 3 is 1.85 bits per heavy atom. The number of nitrogens with one attached hydrogen (secondary N) is 1. The second-order valence-corrected chi connectivity index (χ2v) is 9.49. The number of likely N-dealkylation sites (tertiary alicyclic amines) is 1. The van der Waals surface area contributed by atoms with Crippen molar-refractivity contribution >= 4 is 51.1 Å². The lowest BCUT2D eigenvalue weighted by Gasteiger charge is -2.31. The molecular weight excluding hydrogens is 570 g/mol. The molecule has 1 amide bonds. The highest BCUT2D eigenvalue weighted by Crippen LogP contribution is 2.22. The molecule has 2 aliphatic rings. The van der Waals surface area contributed by atoms with Gasteiger partial charge in [-0.3, -0.25) is 14.2 Å². The van der Waals surface area contributed by atoms with Crippen LogP contribution in [0.1, 0.15) is 44.7 Å². The Balaban J connectivity index is 0.000000159. The number of piperidine rings is 2. The van der Waals surface area contributed by atoms with Crippen molar-refractivity contribution in [3.05, 3.63) is 31.9 Å². The molecule has 4 rings (SSSR count). The number of carbonyl (C=O) groups excluding carboxylic acids is 1. The second kappa shape index (κ2) is 10.2. The molecule has 2 aromatic rings. The fraction of sp³-hybridized carbons (Fsp3) is 0.611. The third-order valence-electron chi connectivity index (χ3n) is 5.11. The zero-order valence-corrected chi connectivity index (χ0v) is 19.8. The molecule has 148 valence electrons. The summed E-state index contributed by atoms with van der Waals surface area (Å²) in [4.78, 5) is 13.1. The first-order valence-corrected chi connectivity index (χ1v) is 11.5. The molecule has 2 saturated heterocycles. The Kier molecular flexibility index (Phi) is 7.94. The van der Waals surface area contributed by atoms with Gasteiger partial charge in [-0.1, -0.05) is 0 Å². The normalized spacial score (nSPS) is 18.9. The van der Waals surface area contributed by atoms with Crippen LogP contribution in [0, 0.1) is 7.14 Å². The molecule has 0 aromatic carbocycles. The lowest BCUT2D eigenvalue weighted by Crippen LogP contribution is -2.37. The van der Waals surface area contributed by atoms with E-state index in [1.54, 1.807) is 6.92 Å². The van der Waals surface area contributed by atoms with Gasteiger partial charge in [0.05, 0.1) is 31.6 Å². The summed E-state index contributed by atoms with van der Waals surface area (Å²) in [6.45, 7) is 5.60. The van der Waals surface area contributed by atoms with Crippen molar-refractivity contribution in [1.29, 1.82) is 0 Å². The molecule has 0 unspecified atom stereocenters. The quantitative estimate of drug-likeness (QED) is 0.542. The predicted molar refractivity (Wildman–Crippen MR) is 122 cm³/mol. The summed E-state index contributed by atoms with van der Waals surface area (Å²) in [5, 5.41) is 12.0. The van der Waals surface area contributed by atoms with Crippen LogP contribution >= 0.6 is 45.2 Å². The number of aromatic nitrogens is 4. The number of rotatable bonds is 2. The maximum Gasteiger partial charge on any atom is 0.219 e. The molecule has 0 atom stereocenters. The highest BCUT2D eigenvalue weighted by Gasteiger charge is 2.22. The van der Waals surface area contributed by atoms with Gasteiger partial charge in [-0.05, 0) is 84.0 Å². The molecule has 2 aliphatic heterocycles. The van der Waals surface area contributed by atoms with Crippen LogP contribution in [0.25, 0.3) is 0 Å². The van der Waals surface area contributed by atoms with Crippen molar-refractivity contribution in [2.75, 3.05) is 26.2 Å². The van der Waals surface area contributed by atoms with E-state index in [0.29, 0.717) is 12.1 Å². The SMILES string of the molecule is CC(=O)N1CCC(n2cc(I)cn2)CC1.Ic1cnn(C2CCNCC2)c1. The van der Waals surface area contributed by atoms with Gasteiger partial charge in [0, 0.05) is 32.4 Å². The van der Waals surface area contributed by atoms with Crippen molar-refractivity contribution in [1.82, 2.24) is 29.8 Å². The molecule has 27 heavy (non-hydrogen) atoms. The van der Waals surface area contributed by atoms with E-state index in [1.165, 1.54) is 20.0 Å².